The van der Waals surface area contributed by atoms with Crippen LogP contribution in [0.1, 0.15) is 29.8 Å². The highest BCUT2D eigenvalue weighted by molar-refractivity contribution is 7.13. The van der Waals surface area contributed by atoms with E-state index in [1.807, 2.05) is 6.92 Å². The Kier molecular flexibility index (Phi) is 4.14. The van der Waals surface area contributed by atoms with E-state index in [2.05, 4.69) is 20.6 Å². The zero-order valence-corrected chi connectivity index (χ0v) is 13.1. The monoisotopic (exact) mass is 355 g/mol. The minimum atomic E-state index is -4.45. The molecule has 2 aromatic heterocycles. The van der Waals surface area contributed by atoms with Crippen molar-refractivity contribution < 1.29 is 18.4 Å². The number of nitrogens with one attached hydrogen (secondary N) is 1. The fourth-order valence-corrected chi connectivity index (χ4v) is 2.87. The van der Waals surface area contributed by atoms with Gasteiger partial charge < -0.3 is 10.5 Å². The molecule has 1 atom stereocenters. The molecule has 1 unspecified atom stereocenters. The van der Waals surface area contributed by atoms with E-state index < -0.39 is 11.9 Å². The van der Waals surface area contributed by atoms with Gasteiger partial charge in [-0.3, -0.25) is 0 Å². The van der Waals surface area contributed by atoms with Gasteiger partial charge in [-0.25, -0.2) is 4.98 Å². The Labute approximate surface area is 138 Å². The molecule has 0 aliphatic rings. The summed E-state index contributed by atoms with van der Waals surface area (Å²) in [4.78, 5) is 4.23. The summed E-state index contributed by atoms with van der Waals surface area (Å²) in [6, 6.07) is 7.06. The number of nitrogens with zero attached hydrogens (tertiary/aromatic N) is 4. The Morgan fingerprint density at radius 2 is 1.96 bits per heavy atom. The van der Waals surface area contributed by atoms with Crippen LogP contribution in [0.5, 0.6) is 0 Å². The molecule has 3 aromatic rings. The fourth-order valence-electron chi connectivity index (χ4n) is 2.13. The number of rotatable bonds is 4. The Bertz CT molecular complexity index is 828. The van der Waals surface area contributed by atoms with Crippen molar-refractivity contribution in [1.82, 2.24) is 20.1 Å². The van der Waals surface area contributed by atoms with E-state index in [9.17, 15) is 18.4 Å². The molecule has 0 aliphatic heterocycles. The maximum atomic E-state index is 12.5. The van der Waals surface area contributed by atoms with E-state index in [0.29, 0.717) is 16.2 Å². The van der Waals surface area contributed by atoms with E-state index in [0.717, 1.165) is 22.3 Å². The molecule has 6 nitrogen and oxygen atoms in total. The molecular weight excluding hydrogens is 343 g/mol. The van der Waals surface area contributed by atoms with Crippen LogP contribution in [0.4, 0.5) is 24.0 Å². The maximum absolute atomic E-state index is 12.5. The van der Waals surface area contributed by atoms with E-state index >= 15 is 0 Å². The smallest absolute Gasteiger partial charge is 0.410 e. The molecule has 0 spiro atoms. The molecule has 0 aliphatic carbocycles. The summed E-state index contributed by atoms with van der Waals surface area (Å²) in [7, 11) is 0. The number of benzene rings is 1. The van der Waals surface area contributed by atoms with Gasteiger partial charge in [0.1, 0.15) is 5.69 Å². The Morgan fingerprint density at radius 3 is 2.50 bits per heavy atom. The van der Waals surface area contributed by atoms with Crippen molar-refractivity contribution in [2.75, 3.05) is 5.32 Å². The molecule has 0 bridgehead atoms. The number of alkyl halides is 3. The first-order chi connectivity index (χ1) is 11.3. The summed E-state index contributed by atoms with van der Waals surface area (Å²) in [5.74, 6) is -0.143. The van der Waals surface area contributed by atoms with Crippen LogP contribution in [0.15, 0.2) is 35.8 Å². The molecule has 3 rings (SSSR count). The lowest BCUT2D eigenvalue weighted by Gasteiger charge is -2.11. The molecule has 0 saturated heterocycles. The normalized spacial score (nSPS) is 13.0. The number of halogens is 3. The van der Waals surface area contributed by atoms with Gasteiger partial charge in [-0.2, -0.15) is 13.2 Å². The largest absolute Gasteiger partial charge is 0.434 e. The van der Waals surface area contributed by atoms with Gasteiger partial charge in [0.25, 0.3) is 0 Å². The van der Waals surface area contributed by atoms with Crippen LogP contribution < -0.4 is 5.32 Å². The number of hydrogen-bond donors (Lipinski definition) is 2. The van der Waals surface area contributed by atoms with Gasteiger partial charge in [0.05, 0.1) is 6.20 Å². The molecule has 0 amide bonds. The molecule has 0 saturated carbocycles. The van der Waals surface area contributed by atoms with Gasteiger partial charge >= 0.3 is 6.18 Å². The van der Waals surface area contributed by atoms with Crippen LogP contribution in [-0.4, -0.2) is 25.3 Å². The highest BCUT2D eigenvalue weighted by Crippen LogP contribution is 2.33. The third kappa shape index (κ3) is 3.32. The lowest BCUT2D eigenvalue weighted by molar-refractivity contribution is -0.140. The number of anilines is 2. The highest BCUT2D eigenvalue weighted by atomic mass is 32.1. The first-order valence-electron chi connectivity index (χ1n) is 6.84. The summed E-state index contributed by atoms with van der Waals surface area (Å²) >= 11 is 0.887. The second-order valence-corrected chi connectivity index (χ2v) is 5.91. The minimum absolute atomic E-state index is 0.143. The number of thiazole rings is 1. The topological polar surface area (TPSA) is 75.9 Å². The van der Waals surface area contributed by atoms with Crippen LogP contribution in [0.2, 0.25) is 0 Å². The van der Waals surface area contributed by atoms with Crippen molar-refractivity contribution in [3.8, 4) is 0 Å². The minimum Gasteiger partial charge on any atom is -0.410 e. The van der Waals surface area contributed by atoms with Crippen LogP contribution in [0, 0.1) is 0 Å². The average Bonchev–Trinajstić information content (AvgIpc) is 3.16. The van der Waals surface area contributed by atoms with Gasteiger partial charge in [0.15, 0.2) is 10.8 Å². The lowest BCUT2D eigenvalue weighted by Crippen LogP contribution is -2.05. The fraction of sp³-hybridized carbons (Fsp3) is 0.214. The molecule has 10 heteroatoms. The van der Waals surface area contributed by atoms with Crippen molar-refractivity contribution in [3.63, 3.8) is 0 Å². The molecular formula is C14H12F3N5OS. The lowest BCUT2D eigenvalue weighted by atomic mass is 9.98. The first kappa shape index (κ1) is 16.2. The first-order valence-corrected chi connectivity index (χ1v) is 7.72. The van der Waals surface area contributed by atoms with E-state index in [-0.39, 0.29) is 11.0 Å². The molecule has 0 fully saturated rings. The van der Waals surface area contributed by atoms with Crippen molar-refractivity contribution in [1.29, 1.82) is 0 Å². The Balaban J connectivity index is 1.73. The summed E-state index contributed by atoms with van der Waals surface area (Å²) in [5, 5.41) is 20.6. The van der Waals surface area contributed by atoms with E-state index in [1.54, 1.807) is 24.3 Å². The Morgan fingerprint density at radius 1 is 1.25 bits per heavy atom. The Hall–Kier alpha value is -2.62. The van der Waals surface area contributed by atoms with Crippen molar-refractivity contribution >= 4 is 22.2 Å². The molecule has 0 radical (unpaired) electrons. The molecule has 126 valence electrons. The summed E-state index contributed by atoms with van der Waals surface area (Å²) in [6.45, 7) is 1.88. The van der Waals surface area contributed by atoms with Gasteiger partial charge in [-0.1, -0.05) is 23.9 Å². The summed E-state index contributed by atoms with van der Waals surface area (Å²) in [5.41, 5.74) is 1.13. The average molecular weight is 355 g/mol. The van der Waals surface area contributed by atoms with Crippen molar-refractivity contribution in [2.24, 2.45) is 0 Å². The third-order valence-corrected chi connectivity index (χ3v) is 4.22. The predicted molar refractivity (Wildman–Crippen MR) is 81.6 cm³/mol. The van der Waals surface area contributed by atoms with Crippen LogP contribution in [0.3, 0.4) is 0 Å². The van der Waals surface area contributed by atoms with Gasteiger partial charge in [0, 0.05) is 17.0 Å². The number of hydrogen-bond acceptors (Lipinski definition) is 6. The van der Waals surface area contributed by atoms with Gasteiger partial charge in [-0.05, 0) is 22.9 Å². The van der Waals surface area contributed by atoms with Crippen LogP contribution >= 0.6 is 11.3 Å². The standard InChI is InChI=1S/C14H12F3N5OS/c1-8(11-6-18-21-22(11)23)9-2-4-10(5-3-9)19-13-20-12(7-24-13)14(15,16)17/h2-8,23H,1H3,(H,19,20). The second-order valence-electron chi connectivity index (χ2n) is 5.05. The second kappa shape index (κ2) is 6.11. The molecule has 1 aromatic carbocycles. The van der Waals surface area contributed by atoms with Crippen LogP contribution in [0.25, 0.3) is 0 Å². The molecule has 24 heavy (non-hydrogen) atoms. The summed E-state index contributed by atoms with van der Waals surface area (Å²) in [6.07, 6.45) is -2.98. The van der Waals surface area contributed by atoms with Gasteiger partial charge in [-0.15, -0.1) is 16.4 Å². The van der Waals surface area contributed by atoms with Crippen molar-refractivity contribution in [2.45, 2.75) is 19.0 Å². The van der Waals surface area contributed by atoms with E-state index in [4.69, 9.17) is 0 Å². The predicted octanol–water partition coefficient (Wildman–Crippen LogP) is 3.89. The summed E-state index contributed by atoms with van der Waals surface area (Å²) < 4.78 is 37.6. The third-order valence-electron chi connectivity index (χ3n) is 3.46. The highest BCUT2D eigenvalue weighted by Gasteiger charge is 2.33. The van der Waals surface area contributed by atoms with Gasteiger partial charge in [0.2, 0.25) is 0 Å². The SMILES string of the molecule is CC(c1ccc(Nc2nc(C(F)(F)F)cs2)cc1)c1cnnn1O. The zero-order chi connectivity index (χ0) is 17.3. The number of aromatic nitrogens is 4. The van der Waals surface area contributed by atoms with Crippen molar-refractivity contribution in [3.05, 3.63) is 52.8 Å². The zero-order valence-electron chi connectivity index (χ0n) is 12.3. The maximum Gasteiger partial charge on any atom is 0.434 e. The van der Waals surface area contributed by atoms with Crippen LogP contribution in [-0.2, 0) is 6.18 Å². The molecule has 2 N–H and O–H groups in total. The van der Waals surface area contributed by atoms with E-state index in [1.165, 1.54) is 6.20 Å². The molecule has 2 heterocycles. The quantitative estimate of drug-likeness (QED) is 0.695.